The molecule has 2 rings (SSSR count). The number of hydrogen-bond donors (Lipinski definition) is 1. The van der Waals surface area contributed by atoms with Crippen molar-refractivity contribution in [1.29, 1.82) is 0 Å². The molecule has 1 saturated carbocycles. The maximum absolute atomic E-state index is 6.21. The maximum Gasteiger partial charge on any atom is 0.0948 e. The van der Waals surface area contributed by atoms with Gasteiger partial charge in [0, 0.05) is 24.0 Å². The molecule has 78 valence electrons. The van der Waals surface area contributed by atoms with Crippen LogP contribution in [0.2, 0.25) is 0 Å². The van der Waals surface area contributed by atoms with E-state index < -0.39 is 0 Å². The minimum atomic E-state index is 0.0460. The van der Waals surface area contributed by atoms with Crippen LogP contribution in [0.3, 0.4) is 0 Å². The predicted octanol–water partition coefficient (Wildman–Crippen LogP) is 1.89. The van der Waals surface area contributed by atoms with Gasteiger partial charge < -0.3 is 10.3 Å². The number of nitrogens with zero attached hydrogens (tertiary/aromatic N) is 2. The van der Waals surface area contributed by atoms with Crippen LogP contribution in [0.15, 0.2) is 12.5 Å². The van der Waals surface area contributed by atoms with Crippen LogP contribution >= 0.6 is 0 Å². The summed E-state index contributed by atoms with van der Waals surface area (Å²) >= 11 is 0. The Balaban J connectivity index is 2.12. The molecule has 1 aliphatic carbocycles. The molecule has 0 amide bonds. The van der Waals surface area contributed by atoms with Crippen molar-refractivity contribution in [1.82, 2.24) is 9.55 Å². The maximum atomic E-state index is 6.21. The van der Waals surface area contributed by atoms with E-state index in [9.17, 15) is 0 Å². The molecule has 1 aromatic rings. The van der Waals surface area contributed by atoms with Crippen LogP contribution in [0.1, 0.15) is 44.7 Å². The van der Waals surface area contributed by atoms with E-state index in [0.717, 1.165) is 19.4 Å². The molecular weight excluding hydrogens is 174 g/mol. The molecule has 1 aromatic heterocycles. The first kappa shape index (κ1) is 9.71. The van der Waals surface area contributed by atoms with Gasteiger partial charge in [-0.1, -0.05) is 13.8 Å². The largest absolute Gasteiger partial charge is 0.333 e. The summed E-state index contributed by atoms with van der Waals surface area (Å²) in [6, 6.07) is 0. The smallest absolute Gasteiger partial charge is 0.0948 e. The number of hydrogen-bond acceptors (Lipinski definition) is 2. The van der Waals surface area contributed by atoms with Gasteiger partial charge in [0.15, 0.2) is 0 Å². The highest BCUT2D eigenvalue weighted by atomic mass is 15.1. The first-order valence-electron chi connectivity index (χ1n) is 5.40. The van der Waals surface area contributed by atoms with Gasteiger partial charge in [0.2, 0.25) is 0 Å². The van der Waals surface area contributed by atoms with Crippen LogP contribution in [-0.4, -0.2) is 15.1 Å². The third-order valence-electron chi connectivity index (χ3n) is 3.17. The molecule has 0 spiro atoms. The minimum Gasteiger partial charge on any atom is -0.333 e. The van der Waals surface area contributed by atoms with Crippen molar-refractivity contribution in [2.24, 2.45) is 5.73 Å². The third-order valence-corrected chi connectivity index (χ3v) is 3.17. The average molecular weight is 193 g/mol. The average Bonchev–Trinajstić information content (AvgIpc) is 2.49. The Morgan fingerprint density at radius 1 is 1.57 bits per heavy atom. The molecule has 0 bridgehead atoms. The Morgan fingerprint density at radius 3 is 2.79 bits per heavy atom. The van der Waals surface area contributed by atoms with Crippen molar-refractivity contribution in [3.05, 3.63) is 18.2 Å². The van der Waals surface area contributed by atoms with Crippen LogP contribution in [-0.2, 0) is 6.54 Å². The summed E-state index contributed by atoms with van der Waals surface area (Å²) < 4.78 is 2.21. The molecule has 14 heavy (non-hydrogen) atoms. The summed E-state index contributed by atoms with van der Waals surface area (Å²) in [6.07, 6.45) is 7.45. The lowest BCUT2D eigenvalue weighted by atomic mass is 9.77. The summed E-state index contributed by atoms with van der Waals surface area (Å²) in [4.78, 5) is 4.19. The molecule has 1 aliphatic rings. The van der Waals surface area contributed by atoms with E-state index in [-0.39, 0.29) is 5.54 Å². The Kier molecular flexibility index (Phi) is 2.35. The monoisotopic (exact) mass is 193 g/mol. The summed E-state index contributed by atoms with van der Waals surface area (Å²) in [5.74, 6) is 0.529. The highest BCUT2D eigenvalue weighted by molar-refractivity contribution is 5.06. The lowest BCUT2D eigenvalue weighted by Crippen LogP contribution is -2.50. The van der Waals surface area contributed by atoms with Gasteiger partial charge in [0.25, 0.3) is 0 Å². The molecule has 2 N–H and O–H groups in total. The topological polar surface area (TPSA) is 43.8 Å². The molecule has 1 fully saturated rings. The fourth-order valence-corrected chi connectivity index (χ4v) is 2.07. The van der Waals surface area contributed by atoms with Crippen LogP contribution in [0.4, 0.5) is 0 Å². The van der Waals surface area contributed by atoms with Gasteiger partial charge in [0.05, 0.1) is 6.33 Å². The highest BCUT2D eigenvalue weighted by Crippen LogP contribution is 2.31. The zero-order valence-electron chi connectivity index (χ0n) is 9.03. The van der Waals surface area contributed by atoms with Crippen LogP contribution in [0.25, 0.3) is 0 Å². The lowest BCUT2D eigenvalue weighted by molar-refractivity contribution is 0.213. The highest BCUT2D eigenvalue weighted by Gasteiger charge is 2.33. The van der Waals surface area contributed by atoms with Crippen LogP contribution < -0.4 is 5.73 Å². The van der Waals surface area contributed by atoms with Crippen molar-refractivity contribution in [3.8, 4) is 0 Å². The van der Waals surface area contributed by atoms with Gasteiger partial charge in [-0.05, 0) is 25.2 Å². The molecule has 0 aliphatic heterocycles. The van der Waals surface area contributed by atoms with E-state index in [4.69, 9.17) is 5.73 Å². The van der Waals surface area contributed by atoms with Crippen molar-refractivity contribution >= 4 is 0 Å². The zero-order valence-corrected chi connectivity index (χ0v) is 9.03. The molecule has 0 saturated heterocycles. The molecule has 1 heterocycles. The zero-order chi connectivity index (χ0) is 10.2. The molecule has 0 radical (unpaired) electrons. The molecule has 3 nitrogen and oxygen atoms in total. The van der Waals surface area contributed by atoms with Gasteiger partial charge in [-0.25, -0.2) is 4.98 Å². The molecular formula is C11H19N3. The second-order valence-electron chi connectivity index (χ2n) is 4.82. The quantitative estimate of drug-likeness (QED) is 0.796. The van der Waals surface area contributed by atoms with Crippen molar-refractivity contribution < 1.29 is 0 Å². The number of aromatic nitrogens is 2. The second-order valence-corrected chi connectivity index (χ2v) is 4.82. The van der Waals surface area contributed by atoms with E-state index in [2.05, 4.69) is 23.4 Å². The molecule has 0 aromatic carbocycles. The van der Waals surface area contributed by atoms with Gasteiger partial charge in [-0.15, -0.1) is 0 Å². The Morgan fingerprint density at radius 2 is 2.29 bits per heavy atom. The number of nitrogens with two attached hydrogens (primary N) is 1. The first-order chi connectivity index (χ1) is 6.61. The molecule has 3 heteroatoms. The Hall–Kier alpha value is -0.830. The molecule has 0 unspecified atom stereocenters. The van der Waals surface area contributed by atoms with Gasteiger partial charge in [0.1, 0.15) is 0 Å². The van der Waals surface area contributed by atoms with E-state index in [1.54, 1.807) is 0 Å². The van der Waals surface area contributed by atoms with E-state index >= 15 is 0 Å². The summed E-state index contributed by atoms with van der Waals surface area (Å²) in [5, 5.41) is 0. The summed E-state index contributed by atoms with van der Waals surface area (Å²) in [5.41, 5.74) is 7.55. The van der Waals surface area contributed by atoms with Crippen molar-refractivity contribution in [2.45, 2.75) is 51.1 Å². The first-order valence-corrected chi connectivity index (χ1v) is 5.40. The van der Waals surface area contributed by atoms with Crippen LogP contribution in [0.5, 0.6) is 0 Å². The lowest BCUT2D eigenvalue weighted by Gasteiger charge is -2.38. The molecule has 0 atom stereocenters. The Bertz CT molecular complexity index is 310. The summed E-state index contributed by atoms with van der Waals surface area (Å²) in [7, 11) is 0. The van der Waals surface area contributed by atoms with E-state index in [0.29, 0.717) is 5.92 Å². The SMILES string of the molecule is CC(C)c1cncn1CC1(N)CCC1. The Labute approximate surface area is 85.3 Å². The second kappa shape index (κ2) is 3.39. The van der Waals surface area contributed by atoms with Crippen molar-refractivity contribution in [2.75, 3.05) is 0 Å². The normalized spacial score (nSPS) is 19.7. The van der Waals surface area contributed by atoms with Gasteiger partial charge in [-0.2, -0.15) is 0 Å². The fourth-order valence-electron chi connectivity index (χ4n) is 2.07. The third kappa shape index (κ3) is 1.69. The van der Waals surface area contributed by atoms with Crippen LogP contribution in [0, 0.1) is 0 Å². The number of imidazole rings is 1. The fraction of sp³-hybridized carbons (Fsp3) is 0.727. The predicted molar refractivity (Wildman–Crippen MR) is 57.1 cm³/mol. The minimum absolute atomic E-state index is 0.0460. The van der Waals surface area contributed by atoms with Gasteiger partial charge >= 0.3 is 0 Å². The van der Waals surface area contributed by atoms with Crippen molar-refractivity contribution in [3.63, 3.8) is 0 Å². The standard InChI is InChI=1S/C11H19N3/c1-9(2)10-6-13-8-14(10)7-11(12)4-3-5-11/h6,8-9H,3-5,7,12H2,1-2H3. The number of rotatable bonds is 3. The summed E-state index contributed by atoms with van der Waals surface area (Å²) in [6.45, 7) is 5.31. The van der Waals surface area contributed by atoms with E-state index in [1.165, 1.54) is 12.1 Å². The van der Waals surface area contributed by atoms with Gasteiger partial charge in [-0.3, -0.25) is 0 Å². The van der Waals surface area contributed by atoms with E-state index in [1.807, 2.05) is 12.5 Å².